The van der Waals surface area contributed by atoms with Crippen LogP contribution in [0.3, 0.4) is 0 Å². The van der Waals surface area contributed by atoms with Crippen LogP contribution < -0.4 is 4.74 Å². The minimum Gasteiger partial charge on any atom is -0.497 e. The van der Waals surface area contributed by atoms with Gasteiger partial charge in [0.25, 0.3) is 5.91 Å². The van der Waals surface area contributed by atoms with E-state index in [1.165, 1.54) is 18.4 Å². The molecule has 29 heavy (non-hydrogen) atoms. The Bertz CT molecular complexity index is 1030. The van der Waals surface area contributed by atoms with Crippen molar-refractivity contribution in [1.29, 1.82) is 0 Å². The third kappa shape index (κ3) is 2.92. The standard InChI is InChI=1S/C24H25N3O2/c1-15-7-9-16(10-8-15)21-20-22(26-25-21)24(28)27(18-5-3-4-6-18)23(20)17-11-13-19(29-2)14-12-17/h7-14,18,23H,3-6H2,1-2H3,(H,25,26). The molecule has 5 nitrogen and oxygen atoms in total. The maximum absolute atomic E-state index is 13.4. The third-order valence-electron chi connectivity index (χ3n) is 6.28. The Labute approximate surface area is 170 Å². The predicted octanol–water partition coefficient (Wildman–Crippen LogP) is 4.88. The van der Waals surface area contributed by atoms with E-state index in [9.17, 15) is 4.79 Å². The lowest BCUT2D eigenvalue weighted by atomic mass is 9.95. The van der Waals surface area contributed by atoms with Gasteiger partial charge < -0.3 is 9.64 Å². The number of rotatable bonds is 4. The molecule has 2 aliphatic rings. The molecule has 1 aromatic heterocycles. The minimum absolute atomic E-state index is 0.0681. The van der Waals surface area contributed by atoms with E-state index in [0.29, 0.717) is 5.69 Å². The average molecular weight is 387 g/mol. The predicted molar refractivity (Wildman–Crippen MR) is 112 cm³/mol. The molecular formula is C24H25N3O2. The highest BCUT2D eigenvalue weighted by atomic mass is 16.5. The number of H-pyrrole nitrogens is 1. The number of aromatic amines is 1. The fourth-order valence-electron chi connectivity index (χ4n) is 4.77. The lowest BCUT2D eigenvalue weighted by molar-refractivity contribution is 0.0660. The third-order valence-corrected chi connectivity index (χ3v) is 6.28. The molecule has 0 spiro atoms. The summed E-state index contributed by atoms with van der Waals surface area (Å²) < 4.78 is 5.34. The summed E-state index contributed by atoms with van der Waals surface area (Å²) in [6, 6.07) is 16.6. The molecule has 1 unspecified atom stereocenters. The lowest BCUT2D eigenvalue weighted by Crippen LogP contribution is -2.37. The van der Waals surface area contributed by atoms with Crippen LogP contribution in [0.5, 0.6) is 5.75 Å². The van der Waals surface area contributed by atoms with Crippen LogP contribution in [0.25, 0.3) is 11.3 Å². The van der Waals surface area contributed by atoms with E-state index < -0.39 is 0 Å². The zero-order valence-corrected chi connectivity index (χ0v) is 16.8. The van der Waals surface area contributed by atoms with Gasteiger partial charge in [0.15, 0.2) is 0 Å². The van der Waals surface area contributed by atoms with Crippen molar-refractivity contribution in [3.8, 4) is 17.0 Å². The van der Waals surface area contributed by atoms with Crippen LogP contribution in [-0.2, 0) is 0 Å². The smallest absolute Gasteiger partial charge is 0.273 e. The number of aryl methyl sites for hydroxylation is 1. The summed E-state index contributed by atoms with van der Waals surface area (Å²) in [6.45, 7) is 2.07. The van der Waals surface area contributed by atoms with E-state index >= 15 is 0 Å². The van der Waals surface area contributed by atoms with E-state index in [4.69, 9.17) is 4.74 Å². The number of amides is 1. The first-order valence-electron chi connectivity index (χ1n) is 10.3. The Morgan fingerprint density at radius 2 is 1.72 bits per heavy atom. The Hall–Kier alpha value is -3.08. The summed E-state index contributed by atoms with van der Waals surface area (Å²) in [6.07, 6.45) is 4.49. The van der Waals surface area contributed by atoms with Crippen LogP contribution in [0, 0.1) is 6.92 Å². The number of carbonyl (C=O) groups is 1. The molecule has 1 amide bonds. The fourth-order valence-corrected chi connectivity index (χ4v) is 4.77. The molecule has 2 heterocycles. The molecule has 0 bridgehead atoms. The second-order valence-corrected chi connectivity index (χ2v) is 8.05. The molecule has 5 rings (SSSR count). The van der Waals surface area contributed by atoms with Crippen LogP contribution in [0.4, 0.5) is 0 Å². The van der Waals surface area contributed by atoms with Gasteiger partial charge in [-0.25, -0.2) is 0 Å². The molecule has 2 aromatic carbocycles. The number of benzene rings is 2. The molecule has 1 aliphatic carbocycles. The number of nitrogens with one attached hydrogen (secondary N) is 1. The molecule has 1 fully saturated rings. The highest BCUT2D eigenvalue weighted by Gasteiger charge is 2.45. The molecular weight excluding hydrogens is 362 g/mol. The van der Waals surface area contributed by atoms with Crippen molar-refractivity contribution >= 4 is 5.91 Å². The van der Waals surface area contributed by atoms with Crippen LogP contribution in [0.1, 0.15) is 58.9 Å². The average Bonchev–Trinajstić information content (AvgIpc) is 3.47. The molecule has 148 valence electrons. The zero-order chi connectivity index (χ0) is 20.0. The van der Waals surface area contributed by atoms with Crippen LogP contribution >= 0.6 is 0 Å². The van der Waals surface area contributed by atoms with Gasteiger partial charge in [-0.2, -0.15) is 5.10 Å². The topological polar surface area (TPSA) is 58.2 Å². The second kappa shape index (κ2) is 7.07. The zero-order valence-electron chi connectivity index (χ0n) is 16.8. The Morgan fingerprint density at radius 1 is 1.03 bits per heavy atom. The number of aromatic nitrogens is 2. The molecule has 1 aliphatic heterocycles. The van der Waals surface area contributed by atoms with E-state index in [1.54, 1.807) is 7.11 Å². The largest absolute Gasteiger partial charge is 0.497 e. The first-order valence-corrected chi connectivity index (χ1v) is 10.3. The Morgan fingerprint density at radius 3 is 2.38 bits per heavy atom. The van der Waals surface area contributed by atoms with Crippen molar-refractivity contribution in [2.75, 3.05) is 7.11 Å². The monoisotopic (exact) mass is 387 g/mol. The number of methoxy groups -OCH3 is 1. The molecule has 3 aromatic rings. The van der Waals surface area contributed by atoms with Crippen molar-refractivity contribution in [1.82, 2.24) is 15.1 Å². The van der Waals surface area contributed by atoms with Gasteiger partial charge in [-0.1, -0.05) is 54.8 Å². The molecule has 0 radical (unpaired) electrons. The van der Waals surface area contributed by atoms with Gasteiger partial charge in [-0.15, -0.1) is 0 Å². The molecule has 1 saturated carbocycles. The van der Waals surface area contributed by atoms with Crippen molar-refractivity contribution in [3.05, 3.63) is 70.9 Å². The fraction of sp³-hybridized carbons (Fsp3) is 0.333. The molecule has 0 saturated heterocycles. The summed E-state index contributed by atoms with van der Waals surface area (Å²) in [7, 11) is 1.67. The maximum atomic E-state index is 13.4. The second-order valence-electron chi connectivity index (χ2n) is 8.05. The normalized spacial score (nSPS) is 19.0. The summed E-state index contributed by atoms with van der Waals surface area (Å²) in [5.41, 5.74) is 5.84. The summed E-state index contributed by atoms with van der Waals surface area (Å²) >= 11 is 0. The quantitative estimate of drug-likeness (QED) is 0.694. The SMILES string of the molecule is COc1ccc(C2c3c(-c4ccc(C)cc4)n[nH]c3C(=O)N2C2CCCC2)cc1. The number of hydrogen-bond donors (Lipinski definition) is 1. The number of fused-ring (bicyclic) bond motifs is 1. The highest BCUT2D eigenvalue weighted by Crippen LogP contribution is 2.46. The van der Waals surface area contributed by atoms with Gasteiger partial charge >= 0.3 is 0 Å². The molecule has 5 heteroatoms. The summed E-state index contributed by atoms with van der Waals surface area (Å²) in [5.74, 6) is 0.884. The minimum atomic E-state index is -0.124. The van der Waals surface area contributed by atoms with E-state index in [-0.39, 0.29) is 18.0 Å². The van der Waals surface area contributed by atoms with Gasteiger partial charge in [0, 0.05) is 17.2 Å². The van der Waals surface area contributed by atoms with Crippen LogP contribution in [-0.4, -0.2) is 34.2 Å². The van der Waals surface area contributed by atoms with Gasteiger partial charge in [-0.3, -0.25) is 9.89 Å². The highest BCUT2D eigenvalue weighted by molar-refractivity contribution is 6.00. The molecule has 1 N–H and O–H groups in total. The van der Waals surface area contributed by atoms with E-state index in [1.807, 2.05) is 12.1 Å². The van der Waals surface area contributed by atoms with Gasteiger partial charge in [0.2, 0.25) is 0 Å². The number of nitrogens with zero attached hydrogens (tertiary/aromatic N) is 2. The Kier molecular flexibility index (Phi) is 4.38. The van der Waals surface area contributed by atoms with Gasteiger partial charge in [0.1, 0.15) is 11.4 Å². The van der Waals surface area contributed by atoms with E-state index in [2.05, 4.69) is 58.4 Å². The van der Waals surface area contributed by atoms with Crippen molar-refractivity contribution in [2.45, 2.75) is 44.7 Å². The first-order chi connectivity index (χ1) is 14.2. The summed E-state index contributed by atoms with van der Waals surface area (Å²) in [5, 5.41) is 7.62. The summed E-state index contributed by atoms with van der Waals surface area (Å²) in [4.78, 5) is 15.5. The van der Waals surface area contributed by atoms with Crippen molar-refractivity contribution in [2.24, 2.45) is 0 Å². The number of ether oxygens (including phenoxy) is 1. The maximum Gasteiger partial charge on any atom is 0.273 e. The Balaban J connectivity index is 1.65. The van der Waals surface area contributed by atoms with Crippen LogP contribution in [0.15, 0.2) is 48.5 Å². The lowest BCUT2D eigenvalue weighted by Gasteiger charge is -2.32. The van der Waals surface area contributed by atoms with Crippen molar-refractivity contribution < 1.29 is 9.53 Å². The number of hydrogen-bond acceptors (Lipinski definition) is 3. The van der Waals surface area contributed by atoms with Crippen LogP contribution in [0.2, 0.25) is 0 Å². The molecule has 1 atom stereocenters. The van der Waals surface area contributed by atoms with Gasteiger partial charge in [0.05, 0.1) is 18.8 Å². The number of carbonyl (C=O) groups excluding carboxylic acids is 1. The first kappa shape index (κ1) is 18.0. The van der Waals surface area contributed by atoms with Gasteiger partial charge in [-0.05, 0) is 37.5 Å². The van der Waals surface area contributed by atoms with Crippen molar-refractivity contribution in [3.63, 3.8) is 0 Å². The van der Waals surface area contributed by atoms with E-state index in [0.717, 1.165) is 41.0 Å².